The lowest BCUT2D eigenvalue weighted by atomic mass is 10.2. The predicted molar refractivity (Wildman–Crippen MR) is 70.5 cm³/mol. The van der Waals surface area contributed by atoms with Crippen LogP contribution in [0, 0.1) is 0 Å². The van der Waals surface area contributed by atoms with Gasteiger partial charge in [0.1, 0.15) is 6.61 Å². The van der Waals surface area contributed by atoms with E-state index in [0.717, 1.165) is 5.56 Å². The van der Waals surface area contributed by atoms with Crippen LogP contribution >= 0.6 is 11.6 Å². The second-order valence-corrected chi connectivity index (χ2v) is 5.13. The van der Waals surface area contributed by atoms with Crippen LogP contribution in [-0.2, 0) is 16.1 Å². The minimum atomic E-state index is -1.32. The fourth-order valence-electron chi connectivity index (χ4n) is 2.52. The molecule has 0 N–H and O–H groups in total. The molecule has 20 heavy (non-hydrogen) atoms. The Labute approximate surface area is 122 Å². The number of hydrogen-bond acceptors (Lipinski definition) is 4. The molecule has 1 unspecified atom stereocenters. The fourth-order valence-corrected chi connectivity index (χ4v) is 2.91. The Hall–Kier alpha value is -1.59. The van der Waals surface area contributed by atoms with Gasteiger partial charge in [-0.3, -0.25) is 4.48 Å². The molecule has 5 nitrogen and oxygen atoms in total. The fraction of sp³-hybridized carbons (Fsp3) is 0.429. The number of rotatable bonds is 4. The van der Waals surface area contributed by atoms with Crippen molar-refractivity contribution in [1.29, 1.82) is 0 Å². The van der Waals surface area contributed by atoms with E-state index in [-0.39, 0.29) is 12.6 Å². The van der Waals surface area contributed by atoms with Crippen LogP contribution < -0.4 is 5.11 Å². The van der Waals surface area contributed by atoms with E-state index in [9.17, 15) is 14.7 Å². The van der Waals surface area contributed by atoms with Gasteiger partial charge < -0.3 is 14.6 Å². The third kappa shape index (κ3) is 2.78. The highest BCUT2D eigenvalue weighted by atomic mass is 35.5. The minimum Gasteiger partial charge on any atom is -0.498 e. The van der Waals surface area contributed by atoms with Crippen molar-refractivity contribution in [2.75, 3.05) is 12.5 Å². The van der Waals surface area contributed by atoms with Crippen LogP contribution in [0.3, 0.4) is 0 Å². The summed E-state index contributed by atoms with van der Waals surface area (Å²) in [5, 5.41) is 11.3. The molecular formula is C14H16ClNO4. The van der Waals surface area contributed by atoms with Crippen molar-refractivity contribution < 1.29 is 23.9 Å². The third-order valence-electron chi connectivity index (χ3n) is 3.70. The number of esters is 1. The number of quaternary nitrogens is 1. The number of hydrogen-bond donors (Lipinski definition) is 0. The zero-order valence-electron chi connectivity index (χ0n) is 11.0. The van der Waals surface area contributed by atoms with Gasteiger partial charge in [-0.05, 0) is 5.56 Å². The Morgan fingerprint density at radius 3 is 2.65 bits per heavy atom. The molecule has 2 atom stereocenters. The van der Waals surface area contributed by atoms with Crippen LogP contribution in [0.4, 0.5) is 4.79 Å². The van der Waals surface area contributed by atoms with E-state index in [2.05, 4.69) is 0 Å². The summed E-state index contributed by atoms with van der Waals surface area (Å²) in [7, 11) is 0. The lowest BCUT2D eigenvalue weighted by Crippen LogP contribution is -2.63. The molecule has 0 aromatic heterocycles. The molecule has 0 spiro atoms. The maximum Gasteiger partial charge on any atom is 0.365 e. The molecule has 1 aromatic carbocycles. The Morgan fingerprint density at radius 1 is 1.35 bits per heavy atom. The molecule has 6 heteroatoms. The molecule has 1 aromatic rings. The van der Waals surface area contributed by atoms with Gasteiger partial charge in [-0.25, -0.2) is 4.79 Å². The van der Waals surface area contributed by atoms with E-state index < -0.39 is 22.6 Å². The van der Waals surface area contributed by atoms with Crippen molar-refractivity contribution in [2.24, 2.45) is 0 Å². The Bertz CT molecular complexity index is 493. The van der Waals surface area contributed by atoms with Crippen LogP contribution in [-0.4, -0.2) is 35.1 Å². The van der Waals surface area contributed by atoms with Crippen molar-refractivity contribution >= 4 is 23.7 Å². The van der Waals surface area contributed by atoms with Crippen LogP contribution in [0.15, 0.2) is 30.3 Å². The SMILES string of the molecule is O=C(OCc1ccccc1)[C@H]1CCC[N+]1(CCl)C(=O)[O-]. The van der Waals surface area contributed by atoms with E-state index in [0.29, 0.717) is 19.4 Å². The quantitative estimate of drug-likeness (QED) is 0.363. The summed E-state index contributed by atoms with van der Waals surface area (Å²) in [6.45, 7) is 0.433. The first-order valence-electron chi connectivity index (χ1n) is 6.45. The van der Waals surface area contributed by atoms with Crippen molar-refractivity contribution in [3.63, 3.8) is 0 Å². The normalized spacial score (nSPS) is 25.4. The van der Waals surface area contributed by atoms with Crippen molar-refractivity contribution in [2.45, 2.75) is 25.5 Å². The minimum absolute atomic E-state index is 0.130. The van der Waals surface area contributed by atoms with Gasteiger partial charge in [-0.15, -0.1) is 0 Å². The number of carboxylic acid groups (broad SMARTS) is 1. The van der Waals surface area contributed by atoms with E-state index in [1.807, 2.05) is 30.3 Å². The molecule has 0 aliphatic carbocycles. The van der Waals surface area contributed by atoms with Gasteiger partial charge in [0.05, 0.1) is 6.54 Å². The zero-order valence-corrected chi connectivity index (χ0v) is 11.7. The number of amides is 1. The average molecular weight is 298 g/mol. The monoisotopic (exact) mass is 297 g/mol. The van der Waals surface area contributed by atoms with Crippen molar-refractivity contribution in [3.8, 4) is 0 Å². The second kappa shape index (κ2) is 6.24. The van der Waals surface area contributed by atoms with Gasteiger partial charge in [-0.2, -0.15) is 0 Å². The van der Waals surface area contributed by atoms with E-state index in [4.69, 9.17) is 16.3 Å². The number of carbonyl (C=O) groups is 2. The Kier molecular flexibility index (Phi) is 4.62. The summed E-state index contributed by atoms with van der Waals surface area (Å²) in [6, 6.07) is 8.27. The molecule has 0 saturated carbocycles. The molecule has 1 aliphatic heterocycles. The number of alkyl halides is 1. The summed E-state index contributed by atoms with van der Waals surface area (Å²) in [5.74, 6) is -0.531. The topological polar surface area (TPSA) is 66.4 Å². The van der Waals surface area contributed by atoms with Gasteiger partial charge in [-0.1, -0.05) is 41.9 Å². The van der Waals surface area contributed by atoms with E-state index >= 15 is 0 Å². The highest BCUT2D eigenvalue weighted by Crippen LogP contribution is 2.28. The first kappa shape index (κ1) is 14.8. The van der Waals surface area contributed by atoms with E-state index in [1.165, 1.54) is 0 Å². The molecule has 0 radical (unpaired) electrons. The molecule has 1 saturated heterocycles. The molecular weight excluding hydrogens is 282 g/mol. The van der Waals surface area contributed by atoms with Crippen molar-refractivity contribution in [1.82, 2.24) is 0 Å². The number of halogens is 1. The van der Waals surface area contributed by atoms with Gasteiger partial charge in [0.2, 0.25) is 0 Å². The summed E-state index contributed by atoms with van der Waals surface area (Å²) in [5.41, 5.74) is 0.858. The summed E-state index contributed by atoms with van der Waals surface area (Å²) < 4.78 is 4.67. The standard InChI is InChI=1S/C14H16ClNO4/c15-10-16(14(18)19)8-4-7-12(16)13(17)20-9-11-5-2-1-3-6-11/h1-3,5-6,12H,4,7-10H2/t12-,16?/m1/s1. The lowest BCUT2D eigenvalue weighted by Gasteiger charge is -2.35. The molecule has 1 aliphatic rings. The number of nitrogens with zero attached hydrogens (tertiary/aromatic N) is 1. The molecule has 2 rings (SSSR count). The summed E-state index contributed by atoms with van der Waals surface area (Å²) >= 11 is 5.76. The van der Waals surface area contributed by atoms with Gasteiger partial charge in [0.25, 0.3) is 6.09 Å². The number of likely N-dealkylation sites (tertiary alicyclic amines) is 1. The number of ether oxygens (including phenoxy) is 1. The zero-order chi connectivity index (χ0) is 14.6. The molecule has 0 bridgehead atoms. The van der Waals surface area contributed by atoms with Gasteiger partial charge in [0, 0.05) is 12.8 Å². The molecule has 1 heterocycles. The average Bonchev–Trinajstić information content (AvgIpc) is 2.91. The lowest BCUT2D eigenvalue weighted by molar-refractivity contribution is -0.869. The van der Waals surface area contributed by atoms with Gasteiger partial charge in [0.15, 0.2) is 12.0 Å². The molecule has 108 valence electrons. The largest absolute Gasteiger partial charge is 0.498 e. The highest BCUT2D eigenvalue weighted by Gasteiger charge is 2.48. The number of benzene rings is 1. The smallest absolute Gasteiger partial charge is 0.365 e. The van der Waals surface area contributed by atoms with E-state index in [1.54, 1.807) is 0 Å². The number of carbonyl (C=O) groups excluding carboxylic acids is 2. The van der Waals surface area contributed by atoms with Crippen molar-refractivity contribution in [3.05, 3.63) is 35.9 Å². The van der Waals surface area contributed by atoms with Crippen LogP contribution in [0.25, 0.3) is 0 Å². The first-order valence-corrected chi connectivity index (χ1v) is 6.98. The summed E-state index contributed by atoms with van der Waals surface area (Å²) in [4.78, 5) is 23.4. The van der Waals surface area contributed by atoms with Crippen LogP contribution in [0.2, 0.25) is 0 Å². The highest BCUT2D eigenvalue weighted by molar-refractivity contribution is 6.17. The predicted octanol–water partition coefficient (Wildman–Crippen LogP) is 1.25. The van der Waals surface area contributed by atoms with Crippen LogP contribution in [0.5, 0.6) is 0 Å². The Morgan fingerprint density at radius 2 is 2.05 bits per heavy atom. The summed E-state index contributed by atoms with van der Waals surface area (Å²) in [6.07, 6.45) is -0.251. The maximum atomic E-state index is 12.1. The molecule has 1 fully saturated rings. The van der Waals surface area contributed by atoms with Gasteiger partial charge >= 0.3 is 5.97 Å². The molecule has 1 amide bonds. The first-order chi connectivity index (χ1) is 9.60. The third-order valence-corrected chi connectivity index (χ3v) is 4.13. The van der Waals surface area contributed by atoms with Crippen LogP contribution in [0.1, 0.15) is 18.4 Å². The maximum absolute atomic E-state index is 12.1. The second-order valence-electron chi connectivity index (χ2n) is 4.89. The Balaban J connectivity index is 2.03.